The Hall–Kier alpha value is -1.41. The van der Waals surface area contributed by atoms with Gasteiger partial charge >= 0.3 is 0 Å². The van der Waals surface area contributed by atoms with Gasteiger partial charge in [-0.1, -0.05) is 0 Å². The maximum absolute atomic E-state index is 11.9. The summed E-state index contributed by atoms with van der Waals surface area (Å²) in [6.07, 6.45) is 0.118. The minimum Gasteiger partial charge on any atom is -0.349 e. The zero-order valence-corrected chi connectivity index (χ0v) is 12.3. The third-order valence-corrected chi connectivity index (χ3v) is 5.40. The number of nitrogens with one attached hydrogen (secondary N) is 1. The number of carbonyl (C=O) groups is 1. The number of sulfone groups is 1. The summed E-state index contributed by atoms with van der Waals surface area (Å²) in [6, 6.07) is -0.402. The summed E-state index contributed by atoms with van der Waals surface area (Å²) < 4.78 is 23.5. The van der Waals surface area contributed by atoms with Crippen molar-refractivity contribution in [2.24, 2.45) is 0 Å². The van der Waals surface area contributed by atoms with Crippen molar-refractivity contribution >= 4 is 38.9 Å². The fraction of sp³-hybridized carbons (Fsp3) is 0.545. The molecule has 7 nitrogen and oxygen atoms in total. The van der Waals surface area contributed by atoms with Gasteiger partial charge in [-0.25, -0.2) is 13.4 Å². The van der Waals surface area contributed by atoms with Crippen LogP contribution in [0.2, 0.25) is 5.28 Å². The van der Waals surface area contributed by atoms with Crippen molar-refractivity contribution < 1.29 is 13.2 Å². The summed E-state index contributed by atoms with van der Waals surface area (Å²) in [5, 5.41) is 2.83. The number of fused-ring (bicyclic) bond motifs is 3. The zero-order chi connectivity index (χ0) is 14.5. The van der Waals surface area contributed by atoms with Gasteiger partial charge in [0.1, 0.15) is 5.69 Å². The third kappa shape index (κ3) is 2.33. The number of rotatable bonds is 0. The second-order valence-electron chi connectivity index (χ2n) is 4.99. The number of nitrogens with zero attached hydrogens (tertiary/aromatic N) is 3. The predicted octanol–water partition coefficient (Wildman–Crippen LogP) is 0.384. The van der Waals surface area contributed by atoms with E-state index in [0.717, 1.165) is 0 Å². The lowest BCUT2D eigenvalue weighted by Crippen LogP contribution is -2.49. The van der Waals surface area contributed by atoms with Crippen LogP contribution in [0.15, 0.2) is 0 Å². The minimum absolute atomic E-state index is 0.0411. The Balaban J connectivity index is 2.12. The summed E-state index contributed by atoms with van der Waals surface area (Å²) >= 11 is 5.88. The molecular formula is C11H13ClN4O3S. The summed E-state index contributed by atoms with van der Waals surface area (Å²) in [7, 11) is -3.11. The molecule has 0 aliphatic carbocycles. The first-order valence-corrected chi connectivity index (χ1v) is 8.37. The first-order chi connectivity index (χ1) is 9.35. The van der Waals surface area contributed by atoms with Gasteiger partial charge in [-0.05, 0) is 18.5 Å². The molecule has 0 radical (unpaired) electrons. The Morgan fingerprint density at radius 1 is 1.40 bits per heavy atom. The van der Waals surface area contributed by atoms with E-state index < -0.39 is 15.9 Å². The molecule has 1 saturated heterocycles. The molecular weight excluding hydrogens is 304 g/mol. The number of halogens is 1. The summed E-state index contributed by atoms with van der Waals surface area (Å²) in [4.78, 5) is 22.0. The molecule has 2 aliphatic rings. The summed E-state index contributed by atoms with van der Waals surface area (Å²) in [5.41, 5.74) is 1.09. The van der Waals surface area contributed by atoms with Crippen molar-refractivity contribution in [2.75, 3.05) is 28.3 Å². The average molecular weight is 317 g/mol. The summed E-state index contributed by atoms with van der Waals surface area (Å²) in [6.45, 7) is 2.04. The van der Waals surface area contributed by atoms with Gasteiger partial charge in [0.25, 0.3) is 0 Å². The van der Waals surface area contributed by atoms with Crippen LogP contribution in [0.4, 0.5) is 11.5 Å². The van der Waals surface area contributed by atoms with Crippen LogP contribution in [0.3, 0.4) is 0 Å². The monoisotopic (exact) mass is 316 g/mol. The average Bonchev–Trinajstić information content (AvgIpc) is 2.44. The molecule has 2 aliphatic heterocycles. The van der Waals surface area contributed by atoms with E-state index in [1.807, 2.05) is 4.90 Å². The Kier molecular flexibility index (Phi) is 3.09. The van der Waals surface area contributed by atoms with E-state index in [-0.39, 0.29) is 29.1 Å². The lowest BCUT2D eigenvalue weighted by atomic mass is 10.2. The molecule has 3 heterocycles. The van der Waals surface area contributed by atoms with Crippen molar-refractivity contribution in [1.29, 1.82) is 0 Å². The Morgan fingerprint density at radius 3 is 2.90 bits per heavy atom. The van der Waals surface area contributed by atoms with Crippen LogP contribution in [-0.4, -0.2) is 48.4 Å². The minimum atomic E-state index is -3.11. The van der Waals surface area contributed by atoms with Gasteiger partial charge in [0, 0.05) is 13.0 Å². The van der Waals surface area contributed by atoms with Crippen molar-refractivity contribution in [2.45, 2.75) is 19.4 Å². The highest BCUT2D eigenvalue weighted by atomic mass is 35.5. The fourth-order valence-corrected chi connectivity index (χ4v) is 4.35. The number of aromatic nitrogens is 2. The third-order valence-electron chi connectivity index (χ3n) is 3.53. The largest absolute Gasteiger partial charge is 0.349 e. The Bertz CT molecular complexity index is 691. The number of aryl methyl sites for hydroxylation is 1. The number of carbonyl (C=O) groups excluding carboxylic acids is 1. The standard InChI is InChI=1S/C11H13ClN4O3S/c1-6-9-10(15-11(12)13-6)16-2-3-20(18,19)5-7(16)4-8(17)14-9/h7H,2-5H2,1H3,(H,14,17). The summed E-state index contributed by atoms with van der Waals surface area (Å²) in [5.74, 6) is 0.288. The van der Waals surface area contributed by atoms with Crippen LogP contribution in [-0.2, 0) is 14.6 Å². The zero-order valence-electron chi connectivity index (χ0n) is 10.8. The van der Waals surface area contributed by atoms with Gasteiger partial charge in [-0.2, -0.15) is 4.98 Å². The highest BCUT2D eigenvalue weighted by Gasteiger charge is 2.37. The van der Waals surface area contributed by atoms with E-state index in [2.05, 4.69) is 15.3 Å². The molecule has 1 atom stereocenters. The molecule has 20 heavy (non-hydrogen) atoms. The lowest BCUT2D eigenvalue weighted by molar-refractivity contribution is -0.116. The van der Waals surface area contributed by atoms with Gasteiger partial charge in [-0.3, -0.25) is 4.79 Å². The van der Waals surface area contributed by atoms with Crippen molar-refractivity contribution in [3.63, 3.8) is 0 Å². The van der Waals surface area contributed by atoms with Gasteiger partial charge in [0.15, 0.2) is 15.7 Å². The molecule has 1 fully saturated rings. The second kappa shape index (κ2) is 4.56. The SMILES string of the molecule is Cc1nc(Cl)nc2c1NC(=O)CC1CS(=O)(=O)CCN21. The van der Waals surface area contributed by atoms with Gasteiger partial charge in [0.2, 0.25) is 11.2 Å². The Morgan fingerprint density at radius 2 is 2.15 bits per heavy atom. The fourth-order valence-electron chi connectivity index (χ4n) is 2.62. The van der Waals surface area contributed by atoms with Crippen molar-refractivity contribution in [3.05, 3.63) is 11.0 Å². The highest BCUT2D eigenvalue weighted by molar-refractivity contribution is 7.91. The number of hydrogen-bond donors (Lipinski definition) is 1. The normalized spacial score (nSPS) is 24.4. The van der Waals surface area contributed by atoms with Crippen molar-refractivity contribution in [3.8, 4) is 0 Å². The Labute approximate surface area is 121 Å². The maximum atomic E-state index is 11.9. The molecule has 0 aromatic carbocycles. The van der Waals surface area contributed by atoms with E-state index in [0.29, 0.717) is 23.7 Å². The van der Waals surface area contributed by atoms with Crippen LogP contribution >= 0.6 is 11.6 Å². The first-order valence-electron chi connectivity index (χ1n) is 6.17. The highest BCUT2D eigenvalue weighted by Crippen LogP contribution is 2.34. The van der Waals surface area contributed by atoms with E-state index in [9.17, 15) is 13.2 Å². The van der Waals surface area contributed by atoms with E-state index >= 15 is 0 Å². The molecule has 3 rings (SSSR count). The molecule has 9 heteroatoms. The predicted molar refractivity (Wildman–Crippen MR) is 74.8 cm³/mol. The second-order valence-corrected chi connectivity index (χ2v) is 7.56. The van der Waals surface area contributed by atoms with Crippen LogP contribution in [0.25, 0.3) is 0 Å². The maximum Gasteiger partial charge on any atom is 0.226 e. The lowest BCUT2D eigenvalue weighted by Gasteiger charge is -2.34. The smallest absolute Gasteiger partial charge is 0.226 e. The van der Waals surface area contributed by atoms with E-state index in [4.69, 9.17) is 11.6 Å². The van der Waals surface area contributed by atoms with Crippen LogP contribution in [0.5, 0.6) is 0 Å². The molecule has 1 aromatic rings. The molecule has 1 amide bonds. The van der Waals surface area contributed by atoms with Crippen LogP contribution in [0.1, 0.15) is 12.1 Å². The quantitative estimate of drug-likeness (QED) is 0.696. The molecule has 0 saturated carbocycles. The molecule has 0 spiro atoms. The number of hydrogen-bond acceptors (Lipinski definition) is 6. The topological polar surface area (TPSA) is 92.3 Å². The molecule has 1 unspecified atom stereocenters. The van der Waals surface area contributed by atoms with Crippen LogP contribution < -0.4 is 10.2 Å². The van der Waals surface area contributed by atoms with Gasteiger partial charge in [-0.15, -0.1) is 0 Å². The molecule has 108 valence electrons. The van der Waals surface area contributed by atoms with Crippen LogP contribution in [0, 0.1) is 6.92 Å². The van der Waals surface area contributed by atoms with E-state index in [1.54, 1.807) is 6.92 Å². The first kappa shape index (κ1) is 13.6. The van der Waals surface area contributed by atoms with E-state index in [1.165, 1.54) is 0 Å². The molecule has 1 aromatic heterocycles. The molecule has 0 bridgehead atoms. The van der Waals surface area contributed by atoms with Gasteiger partial charge < -0.3 is 10.2 Å². The number of amides is 1. The van der Waals surface area contributed by atoms with Crippen molar-refractivity contribution in [1.82, 2.24) is 9.97 Å². The van der Waals surface area contributed by atoms with Gasteiger partial charge in [0.05, 0.1) is 23.2 Å². The molecule has 1 N–H and O–H groups in total. The number of anilines is 2.